The molecule has 0 bridgehead atoms. The average Bonchev–Trinajstić information content (AvgIpc) is 3.30. The summed E-state index contributed by atoms with van der Waals surface area (Å²) in [5.41, 5.74) is 1.54. The van der Waals surface area contributed by atoms with Crippen molar-refractivity contribution in [2.24, 2.45) is 5.92 Å². The highest BCUT2D eigenvalue weighted by Crippen LogP contribution is 2.34. The van der Waals surface area contributed by atoms with Gasteiger partial charge in [-0.3, -0.25) is 9.48 Å². The summed E-state index contributed by atoms with van der Waals surface area (Å²) in [5, 5.41) is 8.18. The van der Waals surface area contributed by atoms with E-state index >= 15 is 0 Å². The number of hydrogen-bond acceptors (Lipinski definition) is 6. The molecule has 0 N–H and O–H groups in total. The number of nitrogens with zero attached hydrogens (tertiary/aromatic N) is 5. The van der Waals surface area contributed by atoms with Crippen LogP contribution in [-0.4, -0.2) is 56.0 Å². The minimum absolute atomic E-state index is 0.0459. The van der Waals surface area contributed by atoms with Crippen LogP contribution in [-0.2, 0) is 17.7 Å². The number of aryl methyl sites for hydroxylation is 3. The molecule has 2 fully saturated rings. The Bertz CT molecular complexity index is 769. The molecule has 4 rings (SSSR count). The molecule has 8 heteroatoms. The van der Waals surface area contributed by atoms with Crippen molar-refractivity contribution in [3.8, 4) is 0 Å². The molecule has 4 heterocycles. The molecule has 2 aromatic rings. The maximum absolute atomic E-state index is 12.8. The van der Waals surface area contributed by atoms with Crippen molar-refractivity contribution >= 4 is 5.91 Å². The zero-order chi connectivity index (χ0) is 17.6. The first-order valence-electron chi connectivity index (χ1n) is 8.82. The van der Waals surface area contributed by atoms with E-state index in [1.807, 2.05) is 31.7 Å². The Morgan fingerprint density at radius 2 is 2.20 bits per heavy atom. The molecule has 2 saturated heterocycles. The van der Waals surface area contributed by atoms with Crippen LogP contribution in [0, 0.1) is 19.8 Å². The molecule has 0 spiro atoms. The molecule has 25 heavy (non-hydrogen) atoms. The topological polar surface area (TPSA) is 86.3 Å². The van der Waals surface area contributed by atoms with E-state index < -0.39 is 0 Å². The Kier molecular flexibility index (Phi) is 4.07. The van der Waals surface area contributed by atoms with Crippen LogP contribution in [0.3, 0.4) is 0 Å². The predicted octanol–water partition coefficient (Wildman–Crippen LogP) is 1.38. The normalized spacial score (nSPS) is 25.6. The third-order valence-corrected chi connectivity index (χ3v) is 4.99. The van der Waals surface area contributed by atoms with Crippen LogP contribution < -0.4 is 0 Å². The number of rotatable bonds is 4. The highest BCUT2D eigenvalue weighted by Gasteiger charge is 2.44. The summed E-state index contributed by atoms with van der Waals surface area (Å²) in [6.07, 6.45) is 1.75. The largest absolute Gasteiger partial charge is 0.372 e. The molecule has 2 aliphatic rings. The highest BCUT2D eigenvalue weighted by atomic mass is 16.5. The minimum Gasteiger partial charge on any atom is -0.372 e. The summed E-state index contributed by atoms with van der Waals surface area (Å²) >= 11 is 0. The number of hydrogen-bond donors (Lipinski definition) is 0. The standard InChI is InChI=1S/C17H23N5O3/c1-4-22-14(5-10(2)19-22)17(23)21-8-12-6-13(24-15(12)9-21)7-16-18-11(3)20-25-16/h5,12-13,15H,4,6-9H2,1-3H3/t12-,13-,15+/m0/s1. The number of carbonyl (C=O) groups excluding carboxylic acids is 1. The van der Waals surface area contributed by atoms with Gasteiger partial charge in [-0.25, -0.2) is 0 Å². The lowest BCUT2D eigenvalue weighted by molar-refractivity contribution is 0.0328. The Hall–Kier alpha value is -2.22. The second-order valence-electron chi connectivity index (χ2n) is 6.93. The van der Waals surface area contributed by atoms with Crippen molar-refractivity contribution in [2.75, 3.05) is 13.1 Å². The first-order valence-corrected chi connectivity index (χ1v) is 8.82. The lowest BCUT2D eigenvalue weighted by Crippen LogP contribution is -2.33. The SMILES string of the molecule is CCn1nc(C)cc1C(=O)N1C[C@@H]2C[C@@H](Cc3nc(C)no3)O[C@@H]2C1. The number of ether oxygens (including phenoxy) is 1. The molecule has 0 aliphatic carbocycles. The molecular formula is C17H23N5O3. The van der Waals surface area contributed by atoms with Gasteiger partial charge in [0, 0.05) is 25.6 Å². The molecule has 134 valence electrons. The van der Waals surface area contributed by atoms with Crippen LogP contribution >= 0.6 is 0 Å². The van der Waals surface area contributed by atoms with Gasteiger partial charge in [-0.2, -0.15) is 10.1 Å². The third kappa shape index (κ3) is 3.06. The van der Waals surface area contributed by atoms with Crippen LogP contribution in [0.1, 0.15) is 41.2 Å². The quantitative estimate of drug-likeness (QED) is 0.832. The molecule has 2 aromatic heterocycles. The number of carbonyl (C=O) groups is 1. The van der Waals surface area contributed by atoms with Gasteiger partial charge in [0.2, 0.25) is 5.89 Å². The van der Waals surface area contributed by atoms with Crippen molar-refractivity contribution in [1.29, 1.82) is 0 Å². The zero-order valence-corrected chi connectivity index (χ0v) is 14.8. The monoisotopic (exact) mass is 345 g/mol. The van der Waals surface area contributed by atoms with Gasteiger partial charge in [0.15, 0.2) is 5.82 Å². The smallest absolute Gasteiger partial charge is 0.272 e. The molecule has 0 aromatic carbocycles. The molecule has 1 amide bonds. The van der Waals surface area contributed by atoms with Crippen LogP contribution in [0.2, 0.25) is 0 Å². The van der Waals surface area contributed by atoms with E-state index in [0.717, 1.165) is 18.7 Å². The van der Waals surface area contributed by atoms with Gasteiger partial charge in [-0.15, -0.1) is 0 Å². The maximum atomic E-state index is 12.8. The van der Waals surface area contributed by atoms with Gasteiger partial charge in [0.05, 0.1) is 24.3 Å². The first-order chi connectivity index (χ1) is 12.0. The number of amides is 1. The van der Waals surface area contributed by atoms with Gasteiger partial charge < -0.3 is 14.2 Å². The molecule has 0 unspecified atom stereocenters. The van der Waals surface area contributed by atoms with Crippen LogP contribution in [0.15, 0.2) is 10.6 Å². The molecule has 0 saturated carbocycles. The lowest BCUT2D eigenvalue weighted by Gasteiger charge is -2.19. The Morgan fingerprint density at radius 1 is 1.36 bits per heavy atom. The van der Waals surface area contributed by atoms with Gasteiger partial charge >= 0.3 is 0 Å². The van der Waals surface area contributed by atoms with E-state index in [1.165, 1.54) is 0 Å². The van der Waals surface area contributed by atoms with Crippen LogP contribution in [0.5, 0.6) is 0 Å². The summed E-state index contributed by atoms with van der Waals surface area (Å²) < 4.78 is 13.1. The van der Waals surface area contributed by atoms with Crippen molar-refractivity contribution in [2.45, 2.75) is 52.4 Å². The second kappa shape index (κ2) is 6.25. The van der Waals surface area contributed by atoms with Crippen molar-refractivity contribution in [1.82, 2.24) is 24.8 Å². The minimum atomic E-state index is 0.0459. The molecule has 3 atom stereocenters. The Labute approximate surface area is 146 Å². The van der Waals surface area contributed by atoms with Crippen LogP contribution in [0.25, 0.3) is 0 Å². The fourth-order valence-electron chi connectivity index (χ4n) is 3.90. The highest BCUT2D eigenvalue weighted by molar-refractivity contribution is 5.93. The molecular weight excluding hydrogens is 322 g/mol. The van der Waals surface area contributed by atoms with Gasteiger partial charge in [0.1, 0.15) is 5.69 Å². The van der Waals surface area contributed by atoms with E-state index in [4.69, 9.17) is 9.26 Å². The molecule has 2 aliphatic heterocycles. The van der Waals surface area contributed by atoms with E-state index in [9.17, 15) is 4.79 Å². The van der Waals surface area contributed by atoms with Gasteiger partial charge in [-0.05, 0) is 33.3 Å². The van der Waals surface area contributed by atoms with Gasteiger partial charge in [0.25, 0.3) is 5.91 Å². The summed E-state index contributed by atoms with van der Waals surface area (Å²) in [7, 11) is 0. The zero-order valence-electron chi connectivity index (χ0n) is 14.8. The van der Waals surface area contributed by atoms with E-state index in [2.05, 4.69) is 15.2 Å². The summed E-state index contributed by atoms with van der Waals surface area (Å²) in [4.78, 5) is 19.0. The summed E-state index contributed by atoms with van der Waals surface area (Å²) in [6, 6.07) is 1.86. The average molecular weight is 345 g/mol. The summed E-state index contributed by atoms with van der Waals surface area (Å²) in [5.74, 6) is 1.69. The van der Waals surface area contributed by atoms with E-state index in [0.29, 0.717) is 42.8 Å². The summed E-state index contributed by atoms with van der Waals surface area (Å²) in [6.45, 7) is 7.78. The Balaban J connectivity index is 1.38. The predicted molar refractivity (Wildman–Crippen MR) is 88.0 cm³/mol. The van der Waals surface area contributed by atoms with Crippen molar-refractivity contribution in [3.05, 3.63) is 29.2 Å². The first kappa shape index (κ1) is 16.3. The lowest BCUT2D eigenvalue weighted by atomic mass is 10.0. The maximum Gasteiger partial charge on any atom is 0.272 e. The number of aromatic nitrogens is 4. The Morgan fingerprint density at radius 3 is 2.88 bits per heavy atom. The number of fused-ring (bicyclic) bond motifs is 1. The van der Waals surface area contributed by atoms with Crippen LogP contribution in [0.4, 0.5) is 0 Å². The van der Waals surface area contributed by atoms with Gasteiger partial charge in [-0.1, -0.05) is 5.16 Å². The fraction of sp³-hybridized carbons (Fsp3) is 0.647. The second-order valence-corrected chi connectivity index (χ2v) is 6.93. The van der Waals surface area contributed by atoms with Crippen molar-refractivity contribution < 1.29 is 14.1 Å². The molecule has 8 nitrogen and oxygen atoms in total. The third-order valence-electron chi connectivity index (χ3n) is 4.99. The van der Waals surface area contributed by atoms with Crippen molar-refractivity contribution in [3.63, 3.8) is 0 Å². The molecule has 0 radical (unpaired) electrons. The van der Waals surface area contributed by atoms with E-state index in [1.54, 1.807) is 4.68 Å². The van der Waals surface area contributed by atoms with E-state index in [-0.39, 0.29) is 18.1 Å². The fourth-order valence-corrected chi connectivity index (χ4v) is 3.90. The number of likely N-dealkylation sites (tertiary alicyclic amines) is 1.